The van der Waals surface area contributed by atoms with Gasteiger partial charge in [-0.3, -0.25) is 19.6 Å². The first-order chi connectivity index (χ1) is 12.9. The molecule has 1 amide bonds. The number of carbonyl (C=O) groups excluding carboxylic acids is 1. The van der Waals surface area contributed by atoms with E-state index in [1.54, 1.807) is 19.0 Å². The topological polar surface area (TPSA) is 39.7 Å². The zero-order valence-corrected chi connectivity index (χ0v) is 19.3. The average molecular weight is 439 g/mol. The molecule has 1 aliphatic rings. The molecule has 0 saturated carbocycles. The van der Waals surface area contributed by atoms with Crippen LogP contribution in [0.25, 0.3) is 11.3 Å². The van der Waals surface area contributed by atoms with Crippen LogP contribution in [0.1, 0.15) is 29.8 Å². The second-order valence-corrected chi connectivity index (χ2v) is 7.73. The molecule has 1 saturated heterocycles. The summed E-state index contributed by atoms with van der Waals surface area (Å²) in [6.45, 7) is 9.99. The van der Waals surface area contributed by atoms with E-state index >= 15 is 0 Å². The number of hydrogen-bond acceptors (Lipinski definition) is 4. The Kier molecular flexibility index (Phi) is 10.1. The number of halogens is 2. The molecule has 0 spiro atoms. The molecule has 0 radical (unpaired) electrons. The maximum absolute atomic E-state index is 12.0. The highest BCUT2D eigenvalue weighted by molar-refractivity contribution is 5.94. The number of hydrogen-bond donors (Lipinski definition) is 0. The Balaban J connectivity index is 0.00000210. The highest BCUT2D eigenvalue weighted by atomic mass is 35.5. The molecule has 0 bridgehead atoms. The maximum atomic E-state index is 12.0. The van der Waals surface area contributed by atoms with Gasteiger partial charge in [0.05, 0.1) is 5.69 Å². The van der Waals surface area contributed by atoms with Crippen molar-refractivity contribution in [2.75, 3.05) is 40.3 Å². The van der Waals surface area contributed by atoms with Gasteiger partial charge in [-0.25, -0.2) is 0 Å². The number of nitrogens with zero attached hydrogens (tertiary/aromatic N) is 4. The third-order valence-electron chi connectivity index (χ3n) is 5.20. The molecule has 0 N–H and O–H groups in total. The van der Waals surface area contributed by atoms with Crippen molar-refractivity contribution in [1.29, 1.82) is 0 Å². The molecule has 5 nitrogen and oxygen atoms in total. The predicted octanol–water partition coefficient (Wildman–Crippen LogP) is 3.82. The second kappa shape index (κ2) is 11.5. The van der Waals surface area contributed by atoms with Crippen molar-refractivity contribution in [2.24, 2.45) is 0 Å². The number of piperazine rings is 1. The van der Waals surface area contributed by atoms with E-state index in [0.717, 1.165) is 44.0 Å². The van der Waals surface area contributed by atoms with E-state index in [0.29, 0.717) is 11.6 Å². The van der Waals surface area contributed by atoms with Crippen molar-refractivity contribution >= 4 is 30.7 Å². The Morgan fingerprint density at radius 3 is 2.10 bits per heavy atom. The number of amides is 1. The van der Waals surface area contributed by atoms with Crippen LogP contribution in [0, 0.1) is 0 Å². The number of rotatable bonds is 5. The van der Waals surface area contributed by atoms with Gasteiger partial charge in [0.1, 0.15) is 0 Å². The van der Waals surface area contributed by atoms with Crippen LogP contribution in [0.2, 0.25) is 0 Å². The Morgan fingerprint density at radius 1 is 1.00 bits per heavy atom. The molecule has 160 valence electrons. The van der Waals surface area contributed by atoms with Gasteiger partial charge in [-0.05, 0) is 37.6 Å². The Morgan fingerprint density at radius 2 is 1.62 bits per heavy atom. The molecule has 29 heavy (non-hydrogen) atoms. The molecule has 0 aliphatic carbocycles. The Labute approximate surface area is 186 Å². The summed E-state index contributed by atoms with van der Waals surface area (Å²) < 4.78 is 0. The van der Waals surface area contributed by atoms with E-state index in [1.165, 1.54) is 5.56 Å². The van der Waals surface area contributed by atoms with Gasteiger partial charge in [-0.1, -0.05) is 18.2 Å². The SMILES string of the molecule is CC(C)N1CCN(Cc2ccc(-c3ccc(C(=O)N(C)C)cc3)nc2)CC1.Cl.Cl. The molecule has 1 aromatic heterocycles. The predicted molar refractivity (Wildman–Crippen MR) is 124 cm³/mol. The molecule has 3 rings (SSSR count). The van der Waals surface area contributed by atoms with Crippen LogP contribution in [-0.2, 0) is 6.54 Å². The molecule has 1 fully saturated rings. The number of pyridine rings is 1. The molecule has 1 aliphatic heterocycles. The van der Waals surface area contributed by atoms with Crippen LogP contribution >= 0.6 is 24.8 Å². The van der Waals surface area contributed by atoms with Crippen LogP contribution in [0.3, 0.4) is 0 Å². The highest BCUT2D eigenvalue weighted by Gasteiger charge is 2.18. The standard InChI is InChI=1S/C22H30N4O.2ClH/c1-17(2)26-13-11-25(12-14-26)16-18-5-10-21(23-15-18)19-6-8-20(9-7-19)22(27)24(3)4;;/h5-10,15,17H,11-14,16H2,1-4H3;2*1H. The largest absolute Gasteiger partial charge is 0.345 e. The lowest BCUT2D eigenvalue weighted by atomic mass is 10.1. The number of aromatic nitrogens is 1. The van der Waals surface area contributed by atoms with Gasteiger partial charge in [0, 0.05) is 70.2 Å². The normalized spacial score (nSPS) is 14.8. The zero-order valence-electron chi connectivity index (χ0n) is 17.7. The first kappa shape index (κ1) is 25.4. The fraction of sp³-hybridized carbons (Fsp3) is 0.455. The molecule has 7 heteroatoms. The second-order valence-electron chi connectivity index (χ2n) is 7.73. The van der Waals surface area contributed by atoms with Crippen molar-refractivity contribution in [2.45, 2.75) is 26.4 Å². The van der Waals surface area contributed by atoms with Crippen molar-refractivity contribution in [3.05, 3.63) is 53.7 Å². The lowest BCUT2D eigenvalue weighted by Crippen LogP contribution is -2.48. The van der Waals surface area contributed by atoms with Crippen LogP contribution in [0.15, 0.2) is 42.6 Å². The summed E-state index contributed by atoms with van der Waals surface area (Å²) in [5, 5.41) is 0. The van der Waals surface area contributed by atoms with Crippen LogP contribution in [0.4, 0.5) is 0 Å². The van der Waals surface area contributed by atoms with E-state index < -0.39 is 0 Å². The van der Waals surface area contributed by atoms with Gasteiger partial charge in [-0.15, -0.1) is 24.8 Å². The lowest BCUT2D eigenvalue weighted by molar-refractivity contribution is 0.0827. The fourth-order valence-corrected chi connectivity index (χ4v) is 3.43. The van der Waals surface area contributed by atoms with E-state index in [1.807, 2.05) is 30.5 Å². The van der Waals surface area contributed by atoms with Crippen molar-refractivity contribution in [3.8, 4) is 11.3 Å². The summed E-state index contributed by atoms with van der Waals surface area (Å²) in [5.74, 6) is 0.0161. The summed E-state index contributed by atoms with van der Waals surface area (Å²) in [6, 6.07) is 12.5. The van der Waals surface area contributed by atoms with Gasteiger partial charge in [-0.2, -0.15) is 0 Å². The quantitative estimate of drug-likeness (QED) is 0.710. The molecule has 1 aromatic carbocycles. The third-order valence-corrected chi connectivity index (χ3v) is 5.20. The zero-order chi connectivity index (χ0) is 19.4. The smallest absolute Gasteiger partial charge is 0.253 e. The number of carbonyl (C=O) groups is 1. The van der Waals surface area contributed by atoms with E-state index in [-0.39, 0.29) is 30.7 Å². The maximum Gasteiger partial charge on any atom is 0.253 e. The van der Waals surface area contributed by atoms with Crippen LogP contribution < -0.4 is 0 Å². The van der Waals surface area contributed by atoms with E-state index in [4.69, 9.17) is 0 Å². The summed E-state index contributed by atoms with van der Waals surface area (Å²) in [7, 11) is 3.53. The Bertz CT molecular complexity index is 755. The van der Waals surface area contributed by atoms with Crippen molar-refractivity contribution in [1.82, 2.24) is 19.7 Å². The first-order valence-corrected chi connectivity index (χ1v) is 9.67. The molecule has 2 heterocycles. The first-order valence-electron chi connectivity index (χ1n) is 9.67. The summed E-state index contributed by atoms with van der Waals surface area (Å²) in [6.07, 6.45) is 1.98. The molecule has 2 aromatic rings. The summed E-state index contributed by atoms with van der Waals surface area (Å²) >= 11 is 0. The monoisotopic (exact) mass is 438 g/mol. The fourth-order valence-electron chi connectivity index (χ4n) is 3.43. The average Bonchev–Trinajstić information content (AvgIpc) is 2.68. The number of benzene rings is 1. The minimum Gasteiger partial charge on any atom is -0.345 e. The van der Waals surface area contributed by atoms with Crippen molar-refractivity contribution < 1.29 is 4.79 Å². The van der Waals surface area contributed by atoms with Crippen molar-refractivity contribution in [3.63, 3.8) is 0 Å². The van der Waals surface area contributed by atoms with E-state index in [9.17, 15) is 4.79 Å². The Hall–Kier alpha value is -1.66. The molecular formula is C22H32Cl2N4O. The highest BCUT2D eigenvalue weighted by Crippen LogP contribution is 2.19. The minimum absolute atomic E-state index is 0. The molecule has 0 unspecified atom stereocenters. The van der Waals surface area contributed by atoms with Crippen LogP contribution in [-0.4, -0.2) is 71.9 Å². The van der Waals surface area contributed by atoms with Gasteiger partial charge >= 0.3 is 0 Å². The lowest BCUT2D eigenvalue weighted by Gasteiger charge is -2.36. The van der Waals surface area contributed by atoms with Gasteiger partial charge in [0.15, 0.2) is 0 Å². The van der Waals surface area contributed by atoms with Gasteiger partial charge in [0.25, 0.3) is 5.91 Å². The summed E-state index contributed by atoms with van der Waals surface area (Å²) in [5.41, 5.74) is 3.91. The minimum atomic E-state index is 0. The van der Waals surface area contributed by atoms with Gasteiger partial charge in [0.2, 0.25) is 0 Å². The van der Waals surface area contributed by atoms with E-state index in [2.05, 4.69) is 40.8 Å². The third kappa shape index (κ3) is 6.68. The summed E-state index contributed by atoms with van der Waals surface area (Å²) in [4.78, 5) is 23.2. The van der Waals surface area contributed by atoms with Gasteiger partial charge < -0.3 is 4.90 Å². The molecule has 0 atom stereocenters. The molecular weight excluding hydrogens is 407 g/mol. The van der Waals surface area contributed by atoms with Crippen LogP contribution in [0.5, 0.6) is 0 Å².